The van der Waals surface area contributed by atoms with Crippen molar-refractivity contribution < 1.29 is 13.2 Å². The first-order valence-electron chi connectivity index (χ1n) is 6.84. The van der Waals surface area contributed by atoms with Crippen LogP contribution in [0.5, 0.6) is 5.75 Å². The lowest BCUT2D eigenvalue weighted by Gasteiger charge is -2.09. The molecule has 0 bridgehead atoms. The first kappa shape index (κ1) is 16.8. The zero-order chi connectivity index (χ0) is 16.2. The molecule has 2 aromatic rings. The maximum Gasteiger partial charge on any atom is 0.240 e. The molecule has 0 heterocycles. The van der Waals surface area contributed by atoms with Gasteiger partial charge in [-0.1, -0.05) is 35.4 Å². The average Bonchev–Trinajstić information content (AvgIpc) is 2.48. The Morgan fingerprint density at radius 2 is 1.77 bits per heavy atom. The Balaban J connectivity index is 1.87. The lowest BCUT2D eigenvalue weighted by atomic mass is 10.2. The van der Waals surface area contributed by atoms with E-state index in [4.69, 9.17) is 16.3 Å². The van der Waals surface area contributed by atoms with Crippen LogP contribution in [0, 0.1) is 13.8 Å². The molecule has 0 aliphatic heterocycles. The van der Waals surface area contributed by atoms with Crippen LogP contribution in [0.15, 0.2) is 47.4 Å². The minimum Gasteiger partial charge on any atom is -0.492 e. The van der Waals surface area contributed by atoms with Crippen LogP contribution >= 0.6 is 11.6 Å². The molecule has 6 heteroatoms. The lowest BCUT2D eigenvalue weighted by Crippen LogP contribution is -2.28. The van der Waals surface area contributed by atoms with Gasteiger partial charge >= 0.3 is 0 Å². The normalized spacial score (nSPS) is 11.4. The summed E-state index contributed by atoms with van der Waals surface area (Å²) in [4.78, 5) is 0.247. The predicted octanol–water partition coefficient (Wildman–Crippen LogP) is 3.31. The summed E-state index contributed by atoms with van der Waals surface area (Å²) in [5.74, 6) is 0.616. The van der Waals surface area contributed by atoms with Crippen molar-refractivity contribution in [2.24, 2.45) is 0 Å². The van der Waals surface area contributed by atoms with Gasteiger partial charge in [0.05, 0.1) is 4.90 Å². The van der Waals surface area contributed by atoms with Crippen LogP contribution in [-0.4, -0.2) is 21.6 Å². The monoisotopic (exact) mass is 339 g/mol. The van der Waals surface area contributed by atoms with E-state index in [1.54, 1.807) is 36.4 Å². The molecule has 0 atom stereocenters. The molecule has 22 heavy (non-hydrogen) atoms. The third-order valence-corrected chi connectivity index (χ3v) is 5.02. The van der Waals surface area contributed by atoms with Crippen molar-refractivity contribution in [3.8, 4) is 5.75 Å². The molecule has 118 valence electrons. The molecule has 0 aliphatic rings. The number of benzene rings is 2. The van der Waals surface area contributed by atoms with Crippen molar-refractivity contribution in [3.05, 3.63) is 58.6 Å². The molecule has 2 rings (SSSR count). The van der Waals surface area contributed by atoms with Gasteiger partial charge in [-0.05, 0) is 43.7 Å². The number of nitrogens with one attached hydrogen (secondary N) is 1. The van der Waals surface area contributed by atoms with Gasteiger partial charge < -0.3 is 4.74 Å². The maximum absolute atomic E-state index is 12.1. The Kier molecular flexibility index (Phi) is 5.45. The van der Waals surface area contributed by atoms with Gasteiger partial charge in [0, 0.05) is 11.6 Å². The van der Waals surface area contributed by atoms with Gasteiger partial charge in [0.15, 0.2) is 0 Å². The summed E-state index contributed by atoms with van der Waals surface area (Å²) < 4.78 is 32.1. The third kappa shape index (κ3) is 4.47. The van der Waals surface area contributed by atoms with E-state index in [0.29, 0.717) is 10.8 Å². The zero-order valence-electron chi connectivity index (χ0n) is 12.5. The molecule has 0 unspecified atom stereocenters. The van der Waals surface area contributed by atoms with Crippen LogP contribution in [0.25, 0.3) is 0 Å². The van der Waals surface area contributed by atoms with Crippen LogP contribution in [0.1, 0.15) is 11.1 Å². The van der Waals surface area contributed by atoms with E-state index in [1.807, 2.05) is 19.9 Å². The van der Waals surface area contributed by atoms with E-state index < -0.39 is 10.0 Å². The summed E-state index contributed by atoms with van der Waals surface area (Å²) in [6, 6.07) is 12.1. The first-order valence-corrected chi connectivity index (χ1v) is 8.70. The fourth-order valence-electron chi connectivity index (χ4n) is 1.81. The fourth-order valence-corrected chi connectivity index (χ4v) is 2.99. The Bertz CT molecular complexity index is 742. The summed E-state index contributed by atoms with van der Waals surface area (Å²) in [6.07, 6.45) is 0. The summed E-state index contributed by atoms with van der Waals surface area (Å²) in [5, 5.41) is 0.623. The van der Waals surface area contributed by atoms with Crippen LogP contribution < -0.4 is 9.46 Å². The molecule has 0 saturated heterocycles. The SMILES string of the molecule is Cc1ccc(S(=O)(=O)NCCOc2ccc(C)c(Cl)c2)cc1. The molecule has 0 saturated carbocycles. The zero-order valence-corrected chi connectivity index (χ0v) is 14.0. The van der Waals surface area contributed by atoms with Gasteiger partial charge in [-0.15, -0.1) is 0 Å². The molecule has 0 spiro atoms. The molecular formula is C16H18ClNO3S. The highest BCUT2D eigenvalue weighted by molar-refractivity contribution is 7.89. The standard InChI is InChI=1S/C16H18ClNO3S/c1-12-3-7-15(8-4-12)22(19,20)18-9-10-21-14-6-5-13(2)16(17)11-14/h3-8,11,18H,9-10H2,1-2H3. The number of ether oxygens (including phenoxy) is 1. The van der Waals surface area contributed by atoms with Crippen LogP contribution in [-0.2, 0) is 10.0 Å². The Hall–Kier alpha value is -1.56. The van der Waals surface area contributed by atoms with Crippen molar-refractivity contribution in [2.45, 2.75) is 18.7 Å². The Morgan fingerprint density at radius 3 is 2.41 bits per heavy atom. The van der Waals surface area contributed by atoms with Crippen molar-refractivity contribution in [3.63, 3.8) is 0 Å². The molecule has 0 radical (unpaired) electrons. The lowest BCUT2D eigenvalue weighted by molar-refractivity contribution is 0.323. The van der Waals surface area contributed by atoms with Gasteiger partial charge in [0.2, 0.25) is 10.0 Å². The molecule has 0 fully saturated rings. The second kappa shape index (κ2) is 7.13. The summed E-state index contributed by atoms with van der Waals surface area (Å²) in [6.45, 7) is 4.22. The minimum atomic E-state index is -3.50. The summed E-state index contributed by atoms with van der Waals surface area (Å²) >= 11 is 6.00. The highest BCUT2D eigenvalue weighted by Crippen LogP contribution is 2.21. The first-order chi connectivity index (χ1) is 10.4. The van der Waals surface area contributed by atoms with Gasteiger partial charge in [-0.2, -0.15) is 0 Å². The van der Waals surface area contributed by atoms with E-state index in [9.17, 15) is 8.42 Å². The Morgan fingerprint density at radius 1 is 1.09 bits per heavy atom. The largest absolute Gasteiger partial charge is 0.492 e. The number of hydrogen-bond acceptors (Lipinski definition) is 3. The van der Waals surface area contributed by atoms with Gasteiger partial charge in [0.25, 0.3) is 0 Å². The molecule has 2 aromatic carbocycles. The highest BCUT2D eigenvalue weighted by atomic mass is 35.5. The molecule has 1 N–H and O–H groups in total. The number of sulfonamides is 1. The van der Waals surface area contributed by atoms with Crippen LogP contribution in [0.2, 0.25) is 5.02 Å². The average molecular weight is 340 g/mol. The van der Waals surface area contributed by atoms with Crippen molar-refractivity contribution in [1.82, 2.24) is 4.72 Å². The third-order valence-electron chi connectivity index (χ3n) is 3.14. The van der Waals surface area contributed by atoms with E-state index in [0.717, 1.165) is 11.1 Å². The molecule has 0 amide bonds. The second-order valence-electron chi connectivity index (χ2n) is 4.97. The topological polar surface area (TPSA) is 55.4 Å². The number of aryl methyl sites for hydroxylation is 2. The number of halogens is 1. The van der Waals surface area contributed by atoms with Crippen molar-refractivity contribution >= 4 is 21.6 Å². The van der Waals surface area contributed by atoms with E-state index in [1.165, 1.54) is 0 Å². The van der Waals surface area contributed by atoms with Gasteiger partial charge in [0.1, 0.15) is 12.4 Å². The van der Waals surface area contributed by atoms with E-state index in [-0.39, 0.29) is 18.0 Å². The second-order valence-corrected chi connectivity index (χ2v) is 7.14. The molecule has 0 aliphatic carbocycles. The summed E-state index contributed by atoms with van der Waals surface area (Å²) in [5.41, 5.74) is 1.98. The van der Waals surface area contributed by atoms with Gasteiger partial charge in [-0.3, -0.25) is 0 Å². The Labute approximate surface area is 136 Å². The van der Waals surface area contributed by atoms with Crippen LogP contribution in [0.4, 0.5) is 0 Å². The maximum atomic E-state index is 12.1. The van der Waals surface area contributed by atoms with Crippen molar-refractivity contribution in [2.75, 3.05) is 13.2 Å². The predicted molar refractivity (Wildman–Crippen MR) is 88.1 cm³/mol. The van der Waals surface area contributed by atoms with Gasteiger partial charge in [-0.25, -0.2) is 13.1 Å². The molecule has 0 aromatic heterocycles. The van der Waals surface area contributed by atoms with Crippen molar-refractivity contribution in [1.29, 1.82) is 0 Å². The number of hydrogen-bond donors (Lipinski definition) is 1. The minimum absolute atomic E-state index is 0.182. The molecular weight excluding hydrogens is 322 g/mol. The van der Waals surface area contributed by atoms with Crippen LogP contribution in [0.3, 0.4) is 0 Å². The highest BCUT2D eigenvalue weighted by Gasteiger charge is 2.12. The smallest absolute Gasteiger partial charge is 0.240 e. The fraction of sp³-hybridized carbons (Fsp3) is 0.250. The molecule has 4 nitrogen and oxygen atoms in total. The summed E-state index contributed by atoms with van der Waals surface area (Å²) in [7, 11) is -3.50. The number of rotatable bonds is 6. The quantitative estimate of drug-likeness (QED) is 0.821. The van der Waals surface area contributed by atoms with E-state index >= 15 is 0 Å². The van der Waals surface area contributed by atoms with E-state index in [2.05, 4.69) is 4.72 Å².